The Hall–Kier alpha value is -3.40. The van der Waals surface area contributed by atoms with E-state index in [1.165, 1.54) is 18.2 Å². The van der Waals surface area contributed by atoms with Crippen LogP contribution in [-0.2, 0) is 14.3 Å². The molecule has 1 aromatic heterocycles. The van der Waals surface area contributed by atoms with Crippen molar-refractivity contribution in [2.45, 2.75) is 6.92 Å². The molecule has 0 unspecified atom stereocenters. The summed E-state index contributed by atoms with van der Waals surface area (Å²) in [6.45, 7) is 1.34. The first-order chi connectivity index (χ1) is 13.4. The largest absolute Gasteiger partial charge is 0.465 e. The highest BCUT2D eigenvalue weighted by Gasteiger charge is 2.36. The number of hydrogen-bond acceptors (Lipinski definition) is 8. The number of benzene rings is 1. The van der Waals surface area contributed by atoms with Crippen molar-refractivity contribution in [1.82, 2.24) is 4.90 Å². The van der Waals surface area contributed by atoms with Crippen LogP contribution in [0, 0.1) is 10.1 Å². The summed E-state index contributed by atoms with van der Waals surface area (Å²) in [6, 6.07) is 9.07. The predicted molar refractivity (Wildman–Crippen MR) is 100 cm³/mol. The second-order valence-corrected chi connectivity index (χ2v) is 6.57. The zero-order chi connectivity index (χ0) is 20.3. The van der Waals surface area contributed by atoms with Crippen molar-refractivity contribution in [3.63, 3.8) is 0 Å². The number of carbonyl (C=O) groups is 3. The molecule has 0 saturated carbocycles. The maximum atomic E-state index is 12.3. The Morgan fingerprint density at radius 1 is 1.25 bits per heavy atom. The van der Waals surface area contributed by atoms with Crippen molar-refractivity contribution >= 4 is 40.6 Å². The summed E-state index contributed by atoms with van der Waals surface area (Å²) in [4.78, 5) is 47.0. The van der Waals surface area contributed by atoms with E-state index in [1.807, 2.05) is 0 Å². The summed E-state index contributed by atoms with van der Waals surface area (Å²) in [5.74, 6) is -0.484. The molecule has 2 amide bonds. The molecule has 3 rings (SSSR count). The number of amides is 2. The first-order valence-corrected chi connectivity index (χ1v) is 8.96. The van der Waals surface area contributed by atoms with Gasteiger partial charge in [0.25, 0.3) is 16.8 Å². The van der Waals surface area contributed by atoms with E-state index < -0.39 is 28.6 Å². The molecule has 0 N–H and O–H groups in total. The summed E-state index contributed by atoms with van der Waals surface area (Å²) < 4.78 is 10.4. The van der Waals surface area contributed by atoms with Crippen molar-refractivity contribution in [3.8, 4) is 11.3 Å². The van der Waals surface area contributed by atoms with Gasteiger partial charge in [-0.3, -0.25) is 29.4 Å². The number of nitro groups is 1. The quantitative estimate of drug-likeness (QED) is 0.312. The Morgan fingerprint density at radius 2 is 1.96 bits per heavy atom. The van der Waals surface area contributed by atoms with Gasteiger partial charge in [0.1, 0.15) is 18.1 Å². The highest BCUT2D eigenvalue weighted by Crippen LogP contribution is 2.33. The third kappa shape index (κ3) is 4.12. The van der Waals surface area contributed by atoms with Gasteiger partial charge in [-0.15, -0.1) is 0 Å². The minimum Gasteiger partial charge on any atom is -0.465 e. The van der Waals surface area contributed by atoms with E-state index in [-0.39, 0.29) is 17.2 Å². The van der Waals surface area contributed by atoms with Gasteiger partial charge >= 0.3 is 5.97 Å². The van der Waals surface area contributed by atoms with E-state index >= 15 is 0 Å². The van der Waals surface area contributed by atoms with Crippen molar-refractivity contribution in [1.29, 1.82) is 0 Å². The van der Waals surface area contributed by atoms with E-state index in [1.54, 1.807) is 31.2 Å². The number of non-ortho nitro benzene ring substituents is 1. The molecule has 0 bridgehead atoms. The fraction of sp³-hybridized carbons (Fsp3) is 0.167. The average Bonchev–Trinajstić information content (AvgIpc) is 3.23. The van der Waals surface area contributed by atoms with Crippen LogP contribution in [0.15, 0.2) is 45.7 Å². The molecule has 10 heteroatoms. The van der Waals surface area contributed by atoms with Gasteiger partial charge in [0.15, 0.2) is 0 Å². The molecule has 144 valence electrons. The molecule has 2 aromatic rings. The van der Waals surface area contributed by atoms with Crippen molar-refractivity contribution in [2.75, 3.05) is 13.2 Å². The summed E-state index contributed by atoms with van der Waals surface area (Å²) in [5, 5.41) is 10.1. The number of nitro benzene ring substituents is 1. The Kier molecular flexibility index (Phi) is 5.59. The molecule has 9 nitrogen and oxygen atoms in total. The van der Waals surface area contributed by atoms with E-state index in [2.05, 4.69) is 0 Å². The molecule has 1 fully saturated rings. The van der Waals surface area contributed by atoms with Crippen molar-refractivity contribution in [3.05, 3.63) is 57.2 Å². The van der Waals surface area contributed by atoms with Crippen LogP contribution in [0.2, 0.25) is 0 Å². The van der Waals surface area contributed by atoms with E-state index in [0.717, 1.165) is 4.90 Å². The lowest BCUT2D eigenvalue weighted by molar-refractivity contribution is -0.384. The Bertz CT molecular complexity index is 978. The number of thioether (sulfide) groups is 1. The molecule has 1 saturated heterocycles. The van der Waals surface area contributed by atoms with Crippen LogP contribution in [0.25, 0.3) is 17.4 Å². The van der Waals surface area contributed by atoms with Crippen LogP contribution >= 0.6 is 11.8 Å². The minimum atomic E-state index is -0.662. The minimum absolute atomic E-state index is 0.0363. The maximum Gasteiger partial charge on any atom is 0.326 e. The normalized spacial score (nSPS) is 15.3. The molecular formula is C18H14N2O7S. The van der Waals surface area contributed by atoms with Gasteiger partial charge in [0.05, 0.1) is 16.4 Å². The van der Waals surface area contributed by atoms with Crippen LogP contribution in [0.5, 0.6) is 0 Å². The number of imide groups is 1. The molecule has 1 aliphatic heterocycles. The molecular weight excluding hydrogens is 388 g/mol. The van der Waals surface area contributed by atoms with E-state index in [4.69, 9.17) is 9.15 Å². The van der Waals surface area contributed by atoms with Gasteiger partial charge in [-0.2, -0.15) is 0 Å². The highest BCUT2D eigenvalue weighted by atomic mass is 32.2. The second-order valence-electron chi connectivity index (χ2n) is 5.58. The molecule has 1 aromatic carbocycles. The molecule has 0 spiro atoms. The fourth-order valence-corrected chi connectivity index (χ4v) is 3.25. The zero-order valence-corrected chi connectivity index (χ0v) is 15.4. The Morgan fingerprint density at radius 3 is 2.61 bits per heavy atom. The van der Waals surface area contributed by atoms with Crippen LogP contribution in [-0.4, -0.2) is 40.1 Å². The lowest BCUT2D eigenvalue weighted by Gasteiger charge is -2.10. The molecule has 0 atom stereocenters. The molecule has 28 heavy (non-hydrogen) atoms. The zero-order valence-electron chi connectivity index (χ0n) is 14.6. The molecule has 2 heterocycles. The van der Waals surface area contributed by atoms with Gasteiger partial charge < -0.3 is 9.15 Å². The van der Waals surface area contributed by atoms with Gasteiger partial charge in [0.2, 0.25) is 0 Å². The lowest BCUT2D eigenvalue weighted by Crippen LogP contribution is -2.34. The average molecular weight is 402 g/mol. The summed E-state index contributed by atoms with van der Waals surface area (Å²) >= 11 is 0.703. The summed E-state index contributed by atoms with van der Waals surface area (Å²) in [7, 11) is 0. The maximum absolute atomic E-state index is 12.3. The number of rotatable bonds is 6. The van der Waals surface area contributed by atoms with Gasteiger partial charge in [0, 0.05) is 23.8 Å². The number of carbonyl (C=O) groups excluding carboxylic acids is 3. The van der Waals surface area contributed by atoms with Gasteiger partial charge in [-0.05, 0) is 43.0 Å². The predicted octanol–water partition coefficient (Wildman–Crippen LogP) is 3.45. The summed E-state index contributed by atoms with van der Waals surface area (Å²) in [5.41, 5.74) is 0.589. The Balaban J connectivity index is 1.76. The van der Waals surface area contributed by atoms with Gasteiger partial charge in [-0.25, -0.2) is 0 Å². The topological polar surface area (TPSA) is 120 Å². The second kappa shape index (κ2) is 8.09. The number of hydrogen-bond donors (Lipinski definition) is 0. The number of ether oxygens (including phenoxy) is 1. The van der Waals surface area contributed by atoms with Crippen LogP contribution in [0.1, 0.15) is 12.7 Å². The van der Waals surface area contributed by atoms with Gasteiger partial charge in [-0.1, -0.05) is 0 Å². The third-order valence-electron chi connectivity index (χ3n) is 3.73. The fourth-order valence-electron chi connectivity index (χ4n) is 2.43. The number of nitrogens with zero attached hydrogens (tertiary/aromatic N) is 2. The van der Waals surface area contributed by atoms with Crippen molar-refractivity contribution < 1.29 is 28.5 Å². The molecule has 0 radical (unpaired) electrons. The molecule has 1 aliphatic rings. The standard InChI is InChI=1S/C18H14N2O7S/c1-2-26-16(21)10-19-17(22)15(28-18(19)23)9-13-7-8-14(27-13)11-3-5-12(6-4-11)20(24)25/h3-9H,2,10H2,1H3. The SMILES string of the molecule is CCOC(=O)CN1C(=O)SC(=Cc2ccc(-c3ccc([N+](=O)[O-])cc3)o2)C1=O. The third-order valence-corrected chi connectivity index (χ3v) is 4.64. The van der Waals surface area contributed by atoms with Crippen LogP contribution in [0.4, 0.5) is 10.5 Å². The highest BCUT2D eigenvalue weighted by molar-refractivity contribution is 8.18. The lowest BCUT2D eigenvalue weighted by atomic mass is 10.1. The Labute approximate surface area is 163 Å². The van der Waals surface area contributed by atoms with E-state index in [9.17, 15) is 24.5 Å². The van der Waals surface area contributed by atoms with E-state index in [0.29, 0.717) is 28.8 Å². The van der Waals surface area contributed by atoms with Crippen LogP contribution in [0.3, 0.4) is 0 Å². The molecule has 0 aliphatic carbocycles. The number of furan rings is 1. The smallest absolute Gasteiger partial charge is 0.326 e. The first kappa shape index (κ1) is 19.4. The summed E-state index contributed by atoms with van der Waals surface area (Å²) in [6.07, 6.45) is 1.41. The monoisotopic (exact) mass is 402 g/mol. The van der Waals surface area contributed by atoms with Crippen molar-refractivity contribution in [2.24, 2.45) is 0 Å². The first-order valence-electron chi connectivity index (χ1n) is 8.14. The number of esters is 1. The van der Waals surface area contributed by atoms with Crippen LogP contribution < -0.4 is 0 Å².